The van der Waals surface area contributed by atoms with Gasteiger partial charge in [0.05, 0.1) is 5.69 Å². The summed E-state index contributed by atoms with van der Waals surface area (Å²) in [6.07, 6.45) is 2.91. The zero-order valence-corrected chi connectivity index (χ0v) is 21.2. The highest BCUT2D eigenvalue weighted by atomic mass is 32.2. The van der Waals surface area contributed by atoms with Crippen molar-refractivity contribution in [3.05, 3.63) is 48.5 Å². The highest BCUT2D eigenvalue weighted by molar-refractivity contribution is 8.00. The van der Waals surface area contributed by atoms with Crippen molar-refractivity contribution in [2.45, 2.75) is 40.9 Å². The Morgan fingerprint density at radius 3 is 2.17 bits per heavy atom. The number of azo groups is 1. The number of anilines is 2. The number of amides is 1. The minimum atomic E-state index is -0.184. The summed E-state index contributed by atoms with van der Waals surface area (Å²) in [6, 6.07) is 9.71. The maximum atomic E-state index is 11.9. The van der Waals surface area contributed by atoms with E-state index in [0.29, 0.717) is 27.4 Å². The summed E-state index contributed by atoms with van der Waals surface area (Å²) in [7, 11) is 1.99. The second kappa shape index (κ2) is 11.1. The van der Waals surface area contributed by atoms with Gasteiger partial charge in [-0.1, -0.05) is 0 Å². The van der Waals surface area contributed by atoms with Crippen LogP contribution in [0.4, 0.5) is 22.7 Å². The predicted molar refractivity (Wildman–Crippen MR) is 136 cm³/mol. The summed E-state index contributed by atoms with van der Waals surface area (Å²) in [5, 5.41) is 26.9. The molecular formula is C22H24N10OS2. The van der Waals surface area contributed by atoms with E-state index < -0.39 is 0 Å². The summed E-state index contributed by atoms with van der Waals surface area (Å²) in [5.74, 6) is -0.184. The summed E-state index contributed by atoms with van der Waals surface area (Å²) in [5.41, 5.74) is 3.77. The van der Waals surface area contributed by atoms with Crippen molar-refractivity contribution in [2.24, 2.45) is 10.2 Å². The number of carbonyl (C=O) groups excluding carboxylic acids is 1. The summed E-state index contributed by atoms with van der Waals surface area (Å²) < 4.78 is 0. The molecule has 0 radical (unpaired) electrons. The fourth-order valence-electron chi connectivity index (χ4n) is 3.09. The third-order valence-electron chi connectivity index (χ3n) is 4.85. The largest absolute Gasteiger partial charge is 0.375 e. The van der Waals surface area contributed by atoms with Gasteiger partial charge in [-0.05, 0) is 73.3 Å². The van der Waals surface area contributed by atoms with Crippen LogP contribution >= 0.6 is 23.5 Å². The van der Waals surface area contributed by atoms with Gasteiger partial charge >= 0.3 is 0 Å². The number of hydrogen-bond acceptors (Lipinski definition) is 10. The normalized spacial score (nSPS) is 11.2. The van der Waals surface area contributed by atoms with Crippen molar-refractivity contribution < 1.29 is 4.79 Å². The number of benzene rings is 2. The number of hydrogen-bond donors (Lipinski definition) is 3. The number of rotatable bonds is 9. The van der Waals surface area contributed by atoms with E-state index in [-0.39, 0.29) is 5.91 Å². The third-order valence-corrected chi connectivity index (χ3v) is 6.69. The first-order chi connectivity index (χ1) is 16.9. The van der Waals surface area contributed by atoms with Gasteiger partial charge in [-0.25, -0.2) is 9.97 Å². The Balaban J connectivity index is 1.77. The fourth-order valence-corrected chi connectivity index (χ4v) is 4.95. The van der Waals surface area contributed by atoms with Crippen LogP contribution in [0, 0.1) is 6.92 Å². The van der Waals surface area contributed by atoms with Crippen molar-refractivity contribution in [1.82, 2.24) is 30.4 Å². The van der Waals surface area contributed by atoms with Crippen LogP contribution in [0.15, 0.2) is 73.3 Å². The van der Waals surface area contributed by atoms with Gasteiger partial charge in [-0.15, -0.1) is 10.2 Å². The molecule has 0 aliphatic carbocycles. The second-order valence-electron chi connectivity index (χ2n) is 7.49. The van der Waals surface area contributed by atoms with Crippen LogP contribution in [0.5, 0.6) is 0 Å². The number of aromatic amines is 2. The molecule has 11 nitrogen and oxygen atoms in total. The molecule has 13 heteroatoms. The van der Waals surface area contributed by atoms with Crippen LogP contribution in [-0.4, -0.2) is 49.9 Å². The molecular weight excluding hydrogens is 484 g/mol. The molecule has 0 bridgehead atoms. The van der Waals surface area contributed by atoms with Crippen molar-refractivity contribution in [2.75, 3.05) is 23.8 Å². The maximum absolute atomic E-state index is 11.9. The number of aryl methyl sites for hydroxylation is 1. The first kappa shape index (κ1) is 24.4. The Hall–Kier alpha value is -3.71. The molecule has 2 heterocycles. The zero-order chi connectivity index (χ0) is 24.8. The molecule has 0 aliphatic heterocycles. The Bertz CT molecular complexity index is 1270. The van der Waals surface area contributed by atoms with Crippen molar-refractivity contribution in [3.63, 3.8) is 0 Å². The van der Waals surface area contributed by atoms with Crippen molar-refractivity contribution in [3.8, 4) is 0 Å². The van der Waals surface area contributed by atoms with Gasteiger partial charge in [0.1, 0.15) is 24.0 Å². The van der Waals surface area contributed by atoms with Gasteiger partial charge in [-0.2, -0.15) is 10.2 Å². The maximum Gasteiger partial charge on any atom is 0.221 e. The van der Waals surface area contributed by atoms with Gasteiger partial charge in [0.15, 0.2) is 10.3 Å². The lowest BCUT2D eigenvalue weighted by atomic mass is 10.2. The van der Waals surface area contributed by atoms with E-state index in [2.05, 4.69) is 57.7 Å². The average molecular weight is 509 g/mol. The van der Waals surface area contributed by atoms with E-state index in [4.69, 9.17) is 0 Å². The molecule has 2 aromatic carbocycles. The average Bonchev–Trinajstić information content (AvgIpc) is 3.53. The number of nitrogens with zero attached hydrogens (tertiary/aromatic N) is 7. The summed E-state index contributed by atoms with van der Waals surface area (Å²) >= 11 is 2.80. The van der Waals surface area contributed by atoms with Crippen LogP contribution in [0.2, 0.25) is 0 Å². The molecule has 3 N–H and O–H groups in total. The molecule has 0 saturated heterocycles. The molecule has 35 heavy (non-hydrogen) atoms. The Morgan fingerprint density at radius 1 is 1.03 bits per heavy atom. The quantitative estimate of drug-likeness (QED) is 0.257. The molecule has 0 fully saturated rings. The summed E-state index contributed by atoms with van der Waals surface area (Å²) in [6.45, 7) is 6.36. The van der Waals surface area contributed by atoms with Gasteiger partial charge in [0, 0.05) is 36.0 Å². The molecule has 0 aliphatic rings. The lowest BCUT2D eigenvalue weighted by Gasteiger charge is -2.18. The van der Waals surface area contributed by atoms with Gasteiger partial charge in [-0.3, -0.25) is 15.0 Å². The Morgan fingerprint density at radius 2 is 1.66 bits per heavy atom. The van der Waals surface area contributed by atoms with Crippen LogP contribution < -0.4 is 10.2 Å². The van der Waals surface area contributed by atoms with E-state index in [1.807, 2.05) is 44.3 Å². The van der Waals surface area contributed by atoms with Crippen LogP contribution in [0.1, 0.15) is 19.4 Å². The van der Waals surface area contributed by atoms with E-state index in [9.17, 15) is 4.79 Å². The minimum Gasteiger partial charge on any atom is -0.375 e. The third kappa shape index (κ3) is 6.25. The van der Waals surface area contributed by atoms with Crippen LogP contribution in [0.3, 0.4) is 0 Å². The SMILES string of the molecule is CCN(C)c1ccc(N=Nc2c(Sc3ncn[nH]3)cc(C)cc2Sc2ncn[nH]2)c(NC(C)=O)c1. The minimum absolute atomic E-state index is 0.184. The highest BCUT2D eigenvalue weighted by Gasteiger charge is 2.16. The molecule has 2 aromatic heterocycles. The van der Waals surface area contributed by atoms with Crippen LogP contribution in [0.25, 0.3) is 0 Å². The highest BCUT2D eigenvalue weighted by Crippen LogP contribution is 2.44. The molecule has 180 valence electrons. The van der Waals surface area contributed by atoms with Gasteiger partial charge < -0.3 is 10.2 Å². The topological polar surface area (TPSA) is 140 Å². The smallest absolute Gasteiger partial charge is 0.221 e. The fraction of sp³-hybridized carbons (Fsp3) is 0.227. The lowest BCUT2D eigenvalue weighted by molar-refractivity contribution is -0.114. The summed E-state index contributed by atoms with van der Waals surface area (Å²) in [4.78, 5) is 24.1. The first-order valence-corrected chi connectivity index (χ1v) is 12.3. The van der Waals surface area contributed by atoms with Gasteiger partial charge in [0.2, 0.25) is 5.91 Å². The van der Waals surface area contributed by atoms with E-state index in [0.717, 1.165) is 27.6 Å². The molecule has 0 atom stereocenters. The number of aromatic nitrogens is 6. The van der Waals surface area contributed by atoms with Crippen molar-refractivity contribution in [1.29, 1.82) is 0 Å². The van der Waals surface area contributed by atoms with Gasteiger partial charge in [0.25, 0.3) is 0 Å². The lowest BCUT2D eigenvalue weighted by Crippen LogP contribution is -2.16. The number of carbonyl (C=O) groups is 1. The predicted octanol–water partition coefficient (Wildman–Crippen LogP) is 5.36. The molecule has 0 spiro atoms. The first-order valence-electron chi connectivity index (χ1n) is 10.7. The Labute approximate surface area is 210 Å². The zero-order valence-electron chi connectivity index (χ0n) is 19.6. The van der Waals surface area contributed by atoms with E-state index in [1.165, 1.54) is 43.1 Å². The molecule has 0 saturated carbocycles. The van der Waals surface area contributed by atoms with Crippen LogP contribution in [-0.2, 0) is 4.79 Å². The molecule has 0 unspecified atom stereocenters. The number of H-pyrrole nitrogens is 2. The Kier molecular flexibility index (Phi) is 7.77. The van der Waals surface area contributed by atoms with Crippen molar-refractivity contribution >= 4 is 52.2 Å². The number of nitrogens with one attached hydrogen (secondary N) is 3. The molecule has 4 aromatic rings. The van der Waals surface area contributed by atoms with E-state index >= 15 is 0 Å². The molecule has 1 amide bonds. The second-order valence-corrected chi connectivity index (χ2v) is 9.55. The standard InChI is InChI=1S/C22H24N10OS2/c1-5-32(4)15-6-7-16(17(10-15)27-14(3)33)28-29-20-18(34-21-23-11-25-30-21)8-13(2)9-19(20)35-22-24-12-26-31-22/h6-12H,5H2,1-4H3,(H,27,33)(H,23,25,30)(H,24,26,31). The molecule has 4 rings (SSSR count). The van der Waals surface area contributed by atoms with E-state index in [1.54, 1.807) is 0 Å². The monoisotopic (exact) mass is 508 g/mol.